The van der Waals surface area contributed by atoms with Crippen LogP contribution >= 0.6 is 0 Å². The maximum atomic E-state index is 11.9. The Morgan fingerprint density at radius 2 is 2.33 bits per heavy atom. The van der Waals surface area contributed by atoms with Crippen LogP contribution in [0.15, 0.2) is 18.2 Å². The highest BCUT2D eigenvalue weighted by atomic mass is 16.5. The van der Waals surface area contributed by atoms with Crippen molar-refractivity contribution in [3.63, 3.8) is 0 Å². The quantitative estimate of drug-likeness (QED) is 0.837. The van der Waals surface area contributed by atoms with E-state index in [1.54, 1.807) is 0 Å². The Bertz CT molecular complexity index is 429. The number of fused-ring (bicyclic) bond motifs is 1. The normalized spacial score (nSPS) is 15.0. The first kappa shape index (κ1) is 13.1. The molecule has 3 nitrogen and oxygen atoms in total. The first-order chi connectivity index (χ1) is 8.70. The minimum absolute atomic E-state index is 0.0905. The largest absolute Gasteiger partial charge is 0.493 e. The highest BCUT2D eigenvalue weighted by Gasteiger charge is 2.14. The summed E-state index contributed by atoms with van der Waals surface area (Å²) < 4.78 is 5.47. The highest BCUT2D eigenvalue weighted by Crippen LogP contribution is 2.26. The number of nitrogens with two attached hydrogens (primary N) is 1. The standard InChI is InChI=1S/C15H21NO2/c1-11(6-8-16)14(17)4-2-12-3-5-15-13(10-12)7-9-18-15/h3,5,10-11H,2,4,6-9,16H2,1H3. The van der Waals surface area contributed by atoms with E-state index in [2.05, 4.69) is 12.1 Å². The molecule has 0 aromatic heterocycles. The van der Waals surface area contributed by atoms with Crippen molar-refractivity contribution in [1.82, 2.24) is 0 Å². The van der Waals surface area contributed by atoms with Crippen molar-refractivity contribution in [2.45, 2.75) is 32.6 Å². The van der Waals surface area contributed by atoms with Crippen molar-refractivity contribution in [3.8, 4) is 5.75 Å². The number of benzene rings is 1. The summed E-state index contributed by atoms with van der Waals surface area (Å²) in [7, 11) is 0. The second-order valence-corrected chi connectivity index (χ2v) is 4.99. The van der Waals surface area contributed by atoms with Gasteiger partial charge in [-0.3, -0.25) is 4.79 Å². The van der Waals surface area contributed by atoms with Gasteiger partial charge in [0.25, 0.3) is 0 Å². The van der Waals surface area contributed by atoms with Crippen LogP contribution in [0.5, 0.6) is 5.75 Å². The Labute approximate surface area is 108 Å². The van der Waals surface area contributed by atoms with Gasteiger partial charge in [0.05, 0.1) is 6.61 Å². The fourth-order valence-corrected chi connectivity index (χ4v) is 2.32. The van der Waals surface area contributed by atoms with Crippen molar-refractivity contribution >= 4 is 5.78 Å². The van der Waals surface area contributed by atoms with Gasteiger partial charge >= 0.3 is 0 Å². The zero-order valence-electron chi connectivity index (χ0n) is 10.9. The van der Waals surface area contributed by atoms with Gasteiger partial charge in [-0.05, 0) is 36.6 Å². The molecule has 0 radical (unpaired) electrons. The summed E-state index contributed by atoms with van der Waals surface area (Å²) in [5.41, 5.74) is 7.97. The predicted molar refractivity (Wildman–Crippen MR) is 71.8 cm³/mol. The summed E-state index contributed by atoms with van der Waals surface area (Å²) in [6, 6.07) is 6.25. The van der Waals surface area contributed by atoms with Crippen LogP contribution in [0.1, 0.15) is 30.9 Å². The van der Waals surface area contributed by atoms with Crippen LogP contribution in [-0.4, -0.2) is 18.9 Å². The van der Waals surface area contributed by atoms with Gasteiger partial charge in [-0.25, -0.2) is 0 Å². The Hall–Kier alpha value is -1.35. The molecular weight excluding hydrogens is 226 g/mol. The number of carbonyl (C=O) groups is 1. The van der Waals surface area contributed by atoms with Crippen LogP contribution in [0, 0.1) is 5.92 Å². The van der Waals surface area contributed by atoms with E-state index in [1.165, 1.54) is 11.1 Å². The summed E-state index contributed by atoms with van der Waals surface area (Å²) in [6.07, 6.45) is 3.21. The molecule has 1 atom stereocenters. The number of ether oxygens (including phenoxy) is 1. The number of aryl methyl sites for hydroxylation is 1. The first-order valence-corrected chi connectivity index (χ1v) is 6.68. The Kier molecular flexibility index (Phi) is 4.37. The van der Waals surface area contributed by atoms with Crippen LogP contribution in [0.2, 0.25) is 0 Å². The number of hydrogen-bond donors (Lipinski definition) is 1. The van der Waals surface area contributed by atoms with Crippen molar-refractivity contribution in [3.05, 3.63) is 29.3 Å². The minimum Gasteiger partial charge on any atom is -0.493 e. The summed E-state index contributed by atoms with van der Waals surface area (Å²) in [5.74, 6) is 1.41. The lowest BCUT2D eigenvalue weighted by atomic mass is 9.96. The molecule has 1 aromatic rings. The lowest BCUT2D eigenvalue weighted by Crippen LogP contribution is -2.15. The van der Waals surface area contributed by atoms with E-state index in [4.69, 9.17) is 10.5 Å². The maximum Gasteiger partial charge on any atom is 0.136 e. The van der Waals surface area contributed by atoms with E-state index < -0.39 is 0 Å². The van der Waals surface area contributed by atoms with E-state index in [-0.39, 0.29) is 5.92 Å². The second-order valence-electron chi connectivity index (χ2n) is 4.99. The van der Waals surface area contributed by atoms with Gasteiger partial charge in [0.15, 0.2) is 0 Å². The van der Waals surface area contributed by atoms with E-state index in [1.807, 2.05) is 13.0 Å². The molecule has 1 unspecified atom stereocenters. The molecule has 0 spiro atoms. The molecule has 18 heavy (non-hydrogen) atoms. The number of ketones is 1. The zero-order valence-corrected chi connectivity index (χ0v) is 10.9. The lowest BCUT2D eigenvalue weighted by molar-refractivity contribution is -0.122. The summed E-state index contributed by atoms with van der Waals surface area (Å²) in [5, 5.41) is 0. The van der Waals surface area contributed by atoms with Gasteiger partial charge in [0.1, 0.15) is 11.5 Å². The van der Waals surface area contributed by atoms with Crippen LogP contribution in [0.25, 0.3) is 0 Å². The zero-order chi connectivity index (χ0) is 13.0. The van der Waals surface area contributed by atoms with Crippen molar-refractivity contribution in [2.75, 3.05) is 13.2 Å². The number of Topliss-reactive ketones (excluding diaryl/α,β-unsaturated/α-hetero) is 1. The van der Waals surface area contributed by atoms with Gasteiger partial charge in [0.2, 0.25) is 0 Å². The number of rotatable bonds is 6. The third-order valence-electron chi connectivity index (χ3n) is 3.56. The van der Waals surface area contributed by atoms with E-state index in [9.17, 15) is 4.79 Å². The monoisotopic (exact) mass is 247 g/mol. The molecule has 1 heterocycles. The van der Waals surface area contributed by atoms with E-state index >= 15 is 0 Å². The van der Waals surface area contributed by atoms with Crippen LogP contribution < -0.4 is 10.5 Å². The van der Waals surface area contributed by atoms with Gasteiger partial charge in [-0.15, -0.1) is 0 Å². The van der Waals surface area contributed by atoms with Crippen molar-refractivity contribution in [2.24, 2.45) is 11.7 Å². The molecule has 3 heteroatoms. The highest BCUT2D eigenvalue weighted by molar-refractivity contribution is 5.80. The predicted octanol–water partition coefficient (Wildman–Crippen LogP) is 2.11. The fourth-order valence-electron chi connectivity index (χ4n) is 2.32. The lowest BCUT2D eigenvalue weighted by Gasteiger charge is -2.09. The summed E-state index contributed by atoms with van der Waals surface area (Å²) in [4.78, 5) is 11.9. The molecule has 0 saturated heterocycles. The SMILES string of the molecule is CC(CCN)C(=O)CCc1ccc2c(c1)CCO2. The van der Waals surface area contributed by atoms with Gasteiger partial charge in [0, 0.05) is 18.8 Å². The third-order valence-corrected chi connectivity index (χ3v) is 3.56. The van der Waals surface area contributed by atoms with Crippen LogP contribution in [-0.2, 0) is 17.6 Å². The molecule has 0 saturated carbocycles. The minimum atomic E-state index is 0.0905. The molecule has 0 bridgehead atoms. The molecule has 2 rings (SSSR count). The van der Waals surface area contributed by atoms with Crippen molar-refractivity contribution in [1.29, 1.82) is 0 Å². The Morgan fingerprint density at radius 3 is 3.11 bits per heavy atom. The molecule has 98 valence electrons. The maximum absolute atomic E-state index is 11.9. The van der Waals surface area contributed by atoms with Gasteiger partial charge < -0.3 is 10.5 Å². The smallest absolute Gasteiger partial charge is 0.136 e. The first-order valence-electron chi connectivity index (χ1n) is 6.68. The van der Waals surface area contributed by atoms with E-state index in [0.717, 1.165) is 31.6 Å². The average Bonchev–Trinajstić information content (AvgIpc) is 2.83. The number of hydrogen-bond acceptors (Lipinski definition) is 3. The molecule has 0 fully saturated rings. The molecule has 0 amide bonds. The Balaban J connectivity index is 1.88. The summed E-state index contributed by atoms with van der Waals surface area (Å²) >= 11 is 0. The molecule has 1 aromatic carbocycles. The molecule has 1 aliphatic heterocycles. The molecular formula is C15H21NO2. The molecule has 0 aliphatic carbocycles. The molecule has 2 N–H and O–H groups in total. The summed E-state index contributed by atoms with van der Waals surface area (Å²) in [6.45, 7) is 3.33. The third kappa shape index (κ3) is 3.10. The van der Waals surface area contributed by atoms with Crippen LogP contribution in [0.4, 0.5) is 0 Å². The second kappa shape index (κ2) is 6.01. The van der Waals surface area contributed by atoms with Gasteiger partial charge in [-0.2, -0.15) is 0 Å². The van der Waals surface area contributed by atoms with Crippen LogP contribution in [0.3, 0.4) is 0 Å². The van der Waals surface area contributed by atoms with E-state index in [0.29, 0.717) is 18.7 Å². The molecule has 1 aliphatic rings. The average molecular weight is 247 g/mol. The number of carbonyl (C=O) groups excluding carboxylic acids is 1. The van der Waals surface area contributed by atoms with Crippen molar-refractivity contribution < 1.29 is 9.53 Å². The Morgan fingerprint density at radius 1 is 1.50 bits per heavy atom. The fraction of sp³-hybridized carbons (Fsp3) is 0.533. The van der Waals surface area contributed by atoms with Gasteiger partial charge in [-0.1, -0.05) is 19.1 Å². The topological polar surface area (TPSA) is 52.3 Å².